The topological polar surface area (TPSA) is 55.6 Å². The second-order valence-electron chi connectivity index (χ2n) is 4.59. The Kier molecular flexibility index (Phi) is 3.58. The van der Waals surface area contributed by atoms with E-state index in [0.29, 0.717) is 0 Å². The molecule has 1 N–H and O–H groups in total. The molecule has 3 aromatic rings. The number of nitrogens with zero attached hydrogens (tertiary/aromatic N) is 4. The molecule has 0 aliphatic rings. The van der Waals surface area contributed by atoms with E-state index in [1.165, 1.54) is 5.56 Å². The van der Waals surface area contributed by atoms with Crippen molar-refractivity contribution in [3.63, 3.8) is 0 Å². The molecule has 0 atom stereocenters. The van der Waals surface area contributed by atoms with Crippen molar-refractivity contribution >= 4 is 17.0 Å². The third-order valence-corrected chi connectivity index (χ3v) is 3.29. The van der Waals surface area contributed by atoms with Crippen LogP contribution in [0.15, 0.2) is 43.0 Å². The van der Waals surface area contributed by atoms with Crippen molar-refractivity contribution in [3.8, 4) is 0 Å². The van der Waals surface area contributed by atoms with Gasteiger partial charge in [0.2, 0.25) is 0 Å². The molecule has 5 heteroatoms. The van der Waals surface area contributed by atoms with Crippen molar-refractivity contribution < 1.29 is 0 Å². The van der Waals surface area contributed by atoms with Crippen LogP contribution in [0.25, 0.3) is 11.2 Å². The Morgan fingerprint density at radius 1 is 1.10 bits per heavy atom. The molecule has 0 radical (unpaired) electrons. The first-order valence-corrected chi connectivity index (χ1v) is 6.82. The van der Waals surface area contributed by atoms with Crippen LogP contribution in [0.1, 0.15) is 12.5 Å². The van der Waals surface area contributed by atoms with Crippen molar-refractivity contribution in [2.45, 2.75) is 19.9 Å². The maximum Gasteiger partial charge on any atom is 0.165 e. The number of anilines is 1. The molecule has 0 unspecified atom stereocenters. The Hall–Kier alpha value is -2.43. The first-order valence-electron chi connectivity index (χ1n) is 6.82. The number of aryl methyl sites for hydroxylation is 1. The fourth-order valence-electron chi connectivity index (χ4n) is 2.21. The molecule has 0 aliphatic carbocycles. The summed E-state index contributed by atoms with van der Waals surface area (Å²) in [6.45, 7) is 3.76. The zero-order valence-electron chi connectivity index (χ0n) is 11.5. The summed E-state index contributed by atoms with van der Waals surface area (Å²) in [6, 6.07) is 10.4. The number of hydrogen-bond acceptors (Lipinski definition) is 4. The average Bonchev–Trinajstić information content (AvgIpc) is 2.92. The zero-order chi connectivity index (χ0) is 13.8. The summed E-state index contributed by atoms with van der Waals surface area (Å²) in [5, 5.41) is 3.35. The van der Waals surface area contributed by atoms with Gasteiger partial charge < -0.3 is 9.88 Å². The van der Waals surface area contributed by atoms with Gasteiger partial charge in [-0.05, 0) is 18.9 Å². The largest absolute Gasteiger partial charge is 0.368 e. The van der Waals surface area contributed by atoms with E-state index in [0.717, 1.165) is 36.5 Å². The molecule has 5 nitrogen and oxygen atoms in total. The molecule has 3 rings (SSSR count). The summed E-state index contributed by atoms with van der Waals surface area (Å²) in [5.41, 5.74) is 3.02. The van der Waals surface area contributed by atoms with Gasteiger partial charge >= 0.3 is 0 Å². The van der Waals surface area contributed by atoms with E-state index in [9.17, 15) is 0 Å². The Morgan fingerprint density at radius 2 is 1.95 bits per heavy atom. The SMILES string of the molecule is CCn1cnc2c(NCCc3ccccc3)ncnc21. The molecule has 0 saturated heterocycles. The number of hydrogen-bond donors (Lipinski definition) is 1. The molecule has 0 amide bonds. The van der Waals surface area contributed by atoms with Crippen molar-refractivity contribution in [2.75, 3.05) is 11.9 Å². The lowest BCUT2D eigenvalue weighted by Crippen LogP contribution is -2.07. The quantitative estimate of drug-likeness (QED) is 0.771. The Balaban J connectivity index is 1.73. The van der Waals surface area contributed by atoms with Gasteiger partial charge in [-0.2, -0.15) is 0 Å². The molecule has 0 aliphatic heterocycles. The van der Waals surface area contributed by atoms with Gasteiger partial charge in [0.05, 0.1) is 6.33 Å². The predicted octanol–water partition coefficient (Wildman–Crippen LogP) is 2.50. The number of nitrogens with one attached hydrogen (secondary N) is 1. The summed E-state index contributed by atoms with van der Waals surface area (Å²) in [5.74, 6) is 0.804. The van der Waals surface area contributed by atoms with E-state index in [-0.39, 0.29) is 0 Å². The lowest BCUT2D eigenvalue weighted by atomic mass is 10.1. The highest BCUT2D eigenvalue weighted by atomic mass is 15.1. The molecule has 0 bridgehead atoms. The van der Waals surface area contributed by atoms with E-state index in [1.807, 2.05) is 17.0 Å². The minimum absolute atomic E-state index is 0.804. The van der Waals surface area contributed by atoms with Crippen LogP contribution >= 0.6 is 0 Å². The van der Waals surface area contributed by atoms with E-state index >= 15 is 0 Å². The Labute approximate surface area is 117 Å². The van der Waals surface area contributed by atoms with Crippen molar-refractivity contribution in [2.24, 2.45) is 0 Å². The van der Waals surface area contributed by atoms with Crippen LogP contribution in [0.3, 0.4) is 0 Å². The van der Waals surface area contributed by atoms with Crippen LogP contribution in [0, 0.1) is 0 Å². The summed E-state index contributed by atoms with van der Waals surface area (Å²) in [4.78, 5) is 13.0. The number of benzene rings is 1. The maximum atomic E-state index is 4.39. The molecule has 20 heavy (non-hydrogen) atoms. The van der Waals surface area contributed by atoms with Crippen molar-refractivity contribution in [1.29, 1.82) is 0 Å². The average molecular weight is 267 g/mol. The fraction of sp³-hybridized carbons (Fsp3) is 0.267. The third-order valence-electron chi connectivity index (χ3n) is 3.29. The summed E-state index contributed by atoms with van der Waals surface area (Å²) >= 11 is 0. The smallest absolute Gasteiger partial charge is 0.165 e. The molecular formula is C15H17N5. The van der Waals surface area contributed by atoms with Crippen LogP contribution in [-0.2, 0) is 13.0 Å². The lowest BCUT2D eigenvalue weighted by Gasteiger charge is -2.06. The Morgan fingerprint density at radius 3 is 2.75 bits per heavy atom. The van der Waals surface area contributed by atoms with Crippen LogP contribution in [0.5, 0.6) is 0 Å². The van der Waals surface area contributed by atoms with Gasteiger partial charge in [-0.3, -0.25) is 0 Å². The summed E-state index contributed by atoms with van der Waals surface area (Å²) in [7, 11) is 0. The minimum atomic E-state index is 0.804. The molecule has 0 saturated carbocycles. The monoisotopic (exact) mass is 267 g/mol. The molecule has 2 aromatic heterocycles. The number of rotatable bonds is 5. The lowest BCUT2D eigenvalue weighted by molar-refractivity contribution is 0.777. The highest BCUT2D eigenvalue weighted by molar-refractivity contribution is 5.82. The molecule has 0 fully saturated rings. The third kappa shape index (κ3) is 2.47. The second kappa shape index (κ2) is 5.69. The minimum Gasteiger partial charge on any atom is -0.368 e. The van der Waals surface area contributed by atoms with Gasteiger partial charge in [0, 0.05) is 13.1 Å². The normalized spacial score (nSPS) is 10.8. The van der Waals surface area contributed by atoms with Crippen molar-refractivity contribution in [1.82, 2.24) is 19.5 Å². The van der Waals surface area contributed by atoms with Gasteiger partial charge in [0.1, 0.15) is 11.8 Å². The standard InChI is InChI=1S/C15H17N5/c1-2-20-11-19-13-14(17-10-18-15(13)20)16-9-8-12-6-4-3-5-7-12/h3-7,10-11H,2,8-9H2,1H3,(H,16,17,18). The zero-order valence-corrected chi connectivity index (χ0v) is 11.5. The van der Waals surface area contributed by atoms with E-state index < -0.39 is 0 Å². The fourth-order valence-corrected chi connectivity index (χ4v) is 2.21. The first kappa shape index (κ1) is 12.6. The maximum absolute atomic E-state index is 4.39. The predicted molar refractivity (Wildman–Crippen MR) is 79.6 cm³/mol. The molecule has 1 aromatic carbocycles. The first-order chi connectivity index (χ1) is 9.88. The number of aromatic nitrogens is 4. The van der Waals surface area contributed by atoms with E-state index in [1.54, 1.807) is 6.33 Å². The van der Waals surface area contributed by atoms with Gasteiger partial charge in [0.15, 0.2) is 11.5 Å². The van der Waals surface area contributed by atoms with Gasteiger partial charge in [-0.25, -0.2) is 15.0 Å². The van der Waals surface area contributed by atoms with E-state index in [2.05, 4.69) is 51.5 Å². The van der Waals surface area contributed by atoms with E-state index in [4.69, 9.17) is 0 Å². The van der Waals surface area contributed by atoms with Crippen LogP contribution in [0.2, 0.25) is 0 Å². The summed E-state index contributed by atoms with van der Waals surface area (Å²) < 4.78 is 2.01. The number of imidazole rings is 1. The second-order valence-corrected chi connectivity index (χ2v) is 4.59. The molecular weight excluding hydrogens is 250 g/mol. The highest BCUT2D eigenvalue weighted by Crippen LogP contribution is 2.17. The summed E-state index contributed by atoms with van der Waals surface area (Å²) in [6.07, 6.45) is 4.35. The highest BCUT2D eigenvalue weighted by Gasteiger charge is 2.08. The molecule has 2 heterocycles. The van der Waals surface area contributed by atoms with Crippen LogP contribution < -0.4 is 5.32 Å². The van der Waals surface area contributed by atoms with Crippen molar-refractivity contribution in [3.05, 3.63) is 48.5 Å². The van der Waals surface area contributed by atoms with Gasteiger partial charge in [-0.1, -0.05) is 30.3 Å². The Bertz CT molecular complexity index is 690. The van der Waals surface area contributed by atoms with Gasteiger partial charge in [-0.15, -0.1) is 0 Å². The number of fused-ring (bicyclic) bond motifs is 1. The molecule has 0 spiro atoms. The van der Waals surface area contributed by atoms with Crippen LogP contribution in [0.4, 0.5) is 5.82 Å². The van der Waals surface area contributed by atoms with Gasteiger partial charge in [0.25, 0.3) is 0 Å². The van der Waals surface area contributed by atoms with Crippen LogP contribution in [-0.4, -0.2) is 26.1 Å². The molecule has 102 valence electrons.